The number of furan rings is 1. The van der Waals surface area contributed by atoms with E-state index in [0.29, 0.717) is 17.5 Å². The number of fused-ring (bicyclic) bond motifs is 6. The number of allylic oxidation sites excluding steroid dienone is 2. The molecule has 10 rings (SSSR count). The zero-order chi connectivity index (χ0) is 33.9. The Morgan fingerprint density at radius 1 is 0.549 bits per heavy atom. The number of hydrogen-bond acceptors (Lipinski definition) is 5. The van der Waals surface area contributed by atoms with Gasteiger partial charge in [-0.05, 0) is 54.0 Å². The molecule has 242 valence electrons. The molecule has 0 amide bonds. The average Bonchev–Trinajstić information content (AvgIpc) is 3.76. The van der Waals surface area contributed by atoms with Gasteiger partial charge in [-0.15, -0.1) is 0 Å². The number of ether oxygens (including phenoxy) is 1. The van der Waals surface area contributed by atoms with Crippen LogP contribution in [0.3, 0.4) is 0 Å². The second-order valence-electron chi connectivity index (χ2n) is 13.2. The van der Waals surface area contributed by atoms with Crippen molar-refractivity contribution in [1.82, 2.24) is 15.0 Å². The smallest absolute Gasteiger partial charge is 0.164 e. The third-order valence-corrected chi connectivity index (χ3v) is 9.99. The first-order valence-electron chi connectivity index (χ1n) is 17.3. The first-order valence-corrected chi connectivity index (χ1v) is 17.3. The van der Waals surface area contributed by atoms with E-state index in [-0.39, 0.29) is 12.0 Å². The molecule has 6 aromatic carbocycles. The van der Waals surface area contributed by atoms with Gasteiger partial charge in [-0.3, -0.25) is 0 Å². The van der Waals surface area contributed by atoms with Gasteiger partial charge in [-0.1, -0.05) is 133 Å². The number of nitrogens with zero attached hydrogens (tertiary/aromatic N) is 3. The third kappa shape index (κ3) is 5.05. The van der Waals surface area contributed by atoms with Crippen LogP contribution in [-0.4, -0.2) is 21.1 Å². The van der Waals surface area contributed by atoms with Crippen LogP contribution in [0.1, 0.15) is 28.2 Å². The number of para-hydroxylation sites is 1. The summed E-state index contributed by atoms with van der Waals surface area (Å²) in [5.41, 5.74) is 11.4. The molecule has 2 atom stereocenters. The van der Waals surface area contributed by atoms with E-state index in [9.17, 15) is 0 Å². The Hall–Kier alpha value is -6.59. The van der Waals surface area contributed by atoms with Crippen molar-refractivity contribution in [2.45, 2.75) is 18.9 Å². The molecule has 5 heteroatoms. The van der Waals surface area contributed by atoms with Crippen molar-refractivity contribution in [1.29, 1.82) is 0 Å². The Labute approximate surface area is 295 Å². The van der Waals surface area contributed by atoms with Crippen LogP contribution < -0.4 is 4.74 Å². The van der Waals surface area contributed by atoms with Crippen LogP contribution in [0.2, 0.25) is 0 Å². The van der Waals surface area contributed by atoms with Crippen molar-refractivity contribution in [2.24, 2.45) is 0 Å². The van der Waals surface area contributed by atoms with Gasteiger partial charge >= 0.3 is 0 Å². The molecule has 2 aliphatic rings. The predicted octanol–water partition coefficient (Wildman–Crippen LogP) is 11.1. The van der Waals surface area contributed by atoms with Crippen molar-refractivity contribution in [3.63, 3.8) is 0 Å². The number of hydrogen-bond donors (Lipinski definition) is 0. The van der Waals surface area contributed by atoms with Crippen molar-refractivity contribution >= 4 is 33.1 Å². The van der Waals surface area contributed by atoms with Crippen molar-refractivity contribution in [2.75, 3.05) is 0 Å². The third-order valence-electron chi connectivity index (χ3n) is 9.99. The molecular formula is C46H31N3O2. The molecule has 0 saturated heterocycles. The summed E-state index contributed by atoms with van der Waals surface area (Å²) in [5, 5.41) is 1.99. The lowest BCUT2D eigenvalue weighted by molar-refractivity contribution is 0.259. The SMILES string of the molecule is Cc1ccc(C2C=C(c3ccc4c(c3)oc3cccc(-c5nc(-c6ccccc6)nc(-c6ccccc6)n5)c34)C=C3c4ccccc4OC32)cc1. The fourth-order valence-electron chi connectivity index (χ4n) is 7.44. The Kier molecular flexibility index (Phi) is 6.78. The Morgan fingerprint density at radius 2 is 1.22 bits per heavy atom. The molecule has 3 heterocycles. The molecule has 0 saturated carbocycles. The standard InChI is InChI=1S/C46H31N3O2/c1-28-19-21-29(22-20-28)37-25-33(26-38-34-15-8-9-17-39(34)51-43(37)38)32-23-24-35-41(27-32)50-40-18-10-16-36(42(35)40)46-48-44(30-11-4-2-5-12-30)47-45(49-46)31-13-6-3-7-14-31/h2-27,37,43H,1H3. The van der Waals surface area contributed by atoms with E-state index >= 15 is 0 Å². The van der Waals surface area contributed by atoms with E-state index in [1.807, 2.05) is 78.9 Å². The monoisotopic (exact) mass is 657 g/mol. The van der Waals surface area contributed by atoms with E-state index < -0.39 is 0 Å². The Morgan fingerprint density at radius 3 is 1.96 bits per heavy atom. The van der Waals surface area contributed by atoms with Crippen LogP contribution in [0.15, 0.2) is 162 Å². The molecular weight excluding hydrogens is 627 g/mol. The molecule has 0 bridgehead atoms. The first kappa shape index (κ1) is 29.3. The summed E-state index contributed by atoms with van der Waals surface area (Å²) >= 11 is 0. The quantitative estimate of drug-likeness (QED) is 0.184. The van der Waals surface area contributed by atoms with Gasteiger partial charge in [0.15, 0.2) is 17.5 Å². The second kappa shape index (κ2) is 11.8. The number of aryl methyl sites for hydroxylation is 1. The minimum atomic E-state index is -0.0757. The van der Waals surface area contributed by atoms with Crippen LogP contribution in [0, 0.1) is 6.92 Å². The van der Waals surface area contributed by atoms with Gasteiger partial charge in [0.1, 0.15) is 23.0 Å². The van der Waals surface area contributed by atoms with Crippen molar-refractivity contribution < 1.29 is 9.15 Å². The van der Waals surface area contributed by atoms with E-state index in [4.69, 9.17) is 24.1 Å². The van der Waals surface area contributed by atoms with Gasteiger partial charge in [0.2, 0.25) is 0 Å². The highest BCUT2D eigenvalue weighted by Gasteiger charge is 2.37. The summed E-state index contributed by atoms with van der Waals surface area (Å²) in [6.07, 6.45) is 4.56. The molecule has 2 aromatic heterocycles. The molecule has 0 radical (unpaired) electrons. The largest absolute Gasteiger partial charge is 0.484 e. The van der Waals surface area contributed by atoms with E-state index in [0.717, 1.165) is 61.1 Å². The van der Waals surface area contributed by atoms with Gasteiger partial charge in [-0.25, -0.2) is 15.0 Å². The number of rotatable bonds is 5. The Bertz CT molecular complexity index is 2620. The average molecular weight is 658 g/mol. The molecule has 1 aliphatic heterocycles. The summed E-state index contributed by atoms with van der Waals surface area (Å²) in [6, 6.07) is 49.9. The van der Waals surface area contributed by atoms with E-state index in [1.54, 1.807) is 0 Å². The molecule has 51 heavy (non-hydrogen) atoms. The number of aromatic nitrogens is 3. The zero-order valence-electron chi connectivity index (χ0n) is 27.8. The molecule has 2 unspecified atom stereocenters. The van der Waals surface area contributed by atoms with Gasteiger partial charge in [0.25, 0.3) is 0 Å². The highest BCUT2D eigenvalue weighted by atomic mass is 16.5. The fraction of sp³-hybridized carbons (Fsp3) is 0.0652. The summed E-state index contributed by atoms with van der Waals surface area (Å²) in [5.74, 6) is 2.86. The maximum Gasteiger partial charge on any atom is 0.164 e. The zero-order valence-corrected chi connectivity index (χ0v) is 27.8. The van der Waals surface area contributed by atoms with Gasteiger partial charge in [0.05, 0.1) is 0 Å². The van der Waals surface area contributed by atoms with Crippen LogP contribution in [0.25, 0.3) is 67.2 Å². The van der Waals surface area contributed by atoms with Gasteiger partial charge < -0.3 is 9.15 Å². The van der Waals surface area contributed by atoms with Crippen molar-refractivity contribution in [3.05, 3.63) is 180 Å². The van der Waals surface area contributed by atoms with E-state index in [1.165, 1.54) is 16.7 Å². The molecule has 5 nitrogen and oxygen atoms in total. The van der Waals surface area contributed by atoms with Crippen LogP contribution in [-0.2, 0) is 0 Å². The second-order valence-corrected chi connectivity index (χ2v) is 13.2. The minimum Gasteiger partial charge on any atom is -0.484 e. The maximum absolute atomic E-state index is 6.60. The van der Waals surface area contributed by atoms with E-state index in [2.05, 4.69) is 85.8 Å². The lowest BCUT2D eigenvalue weighted by atomic mass is 9.80. The van der Waals surface area contributed by atoms with Gasteiger partial charge in [0, 0.05) is 44.5 Å². The van der Waals surface area contributed by atoms with Crippen LogP contribution >= 0.6 is 0 Å². The topological polar surface area (TPSA) is 61.0 Å². The summed E-state index contributed by atoms with van der Waals surface area (Å²) in [7, 11) is 0. The predicted molar refractivity (Wildman–Crippen MR) is 204 cm³/mol. The summed E-state index contributed by atoms with van der Waals surface area (Å²) < 4.78 is 13.2. The highest BCUT2D eigenvalue weighted by molar-refractivity contribution is 6.12. The van der Waals surface area contributed by atoms with Crippen LogP contribution in [0.5, 0.6) is 5.75 Å². The minimum absolute atomic E-state index is 0.0624. The number of benzene rings is 6. The van der Waals surface area contributed by atoms with Crippen LogP contribution in [0.4, 0.5) is 0 Å². The normalized spacial score (nSPS) is 16.3. The first-order chi connectivity index (χ1) is 25.2. The summed E-state index contributed by atoms with van der Waals surface area (Å²) in [4.78, 5) is 14.9. The highest BCUT2D eigenvalue weighted by Crippen LogP contribution is 2.48. The molecule has 0 spiro atoms. The fourth-order valence-corrected chi connectivity index (χ4v) is 7.44. The van der Waals surface area contributed by atoms with Gasteiger partial charge in [-0.2, -0.15) is 0 Å². The Balaban J connectivity index is 1.12. The molecule has 0 fully saturated rings. The molecule has 8 aromatic rings. The molecule has 1 aliphatic carbocycles. The summed E-state index contributed by atoms with van der Waals surface area (Å²) in [6.45, 7) is 2.12. The molecule has 0 N–H and O–H groups in total. The van der Waals surface area contributed by atoms with Crippen molar-refractivity contribution in [3.8, 4) is 39.9 Å². The lowest BCUT2D eigenvalue weighted by Gasteiger charge is -2.27. The maximum atomic E-state index is 6.60. The lowest BCUT2D eigenvalue weighted by Crippen LogP contribution is -2.24.